The fourth-order valence-corrected chi connectivity index (χ4v) is 3.50. The molecular formula is C18H23F3N4O2S. The van der Waals surface area contributed by atoms with Crippen LogP contribution in [0.1, 0.15) is 6.92 Å². The van der Waals surface area contributed by atoms with Crippen LogP contribution in [0.25, 0.3) is 0 Å². The van der Waals surface area contributed by atoms with E-state index in [2.05, 4.69) is 5.32 Å². The molecule has 0 saturated carbocycles. The van der Waals surface area contributed by atoms with Gasteiger partial charge in [-0.3, -0.25) is 9.80 Å². The standard InChI is InChI=1S/C18H23F3N4O2S/c1-12(28)22-10-14-11-25(18(26)27-14)13-8-15(20)17(16(21)9-13)24-6-4-23(3-2-19)5-7-24/h8-9,14H,2-7,10-11H2,1H3,(H,22,28). The average molecular weight is 416 g/mol. The summed E-state index contributed by atoms with van der Waals surface area (Å²) in [6, 6.07) is 2.29. The highest BCUT2D eigenvalue weighted by Gasteiger charge is 2.33. The van der Waals surface area contributed by atoms with Crippen molar-refractivity contribution in [3.63, 3.8) is 0 Å². The number of hydrogen-bond donors (Lipinski definition) is 1. The maximum atomic E-state index is 14.7. The zero-order valence-corrected chi connectivity index (χ0v) is 16.4. The van der Waals surface area contributed by atoms with Crippen LogP contribution in [-0.4, -0.2) is 74.6 Å². The van der Waals surface area contributed by atoms with Crippen LogP contribution in [0.5, 0.6) is 0 Å². The molecule has 2 aliphatic rings. The first-order valence-corrected chi connectivity index (χ1v) is 9.54. The van der Waals surface area contributed by atoms with E-state index in [1.165, 1.54) is 4.90 Å². The lowest BCUT2D eigenvalue weighted by Crippen LogP contribution is -2.47. The van der Waals surface area contributed by atoms with E-state index in [0.29, 0.717) is 44.3 Å². The third kappa shape index (κ3) is 4.67. The number of piperazine rings is 1. The molecule has 3 rings (SSSR count). The van der Waals surface area contributed by atoms with Crippen molar-refractivity contribution in [1.29, 1.82) is 0 Å². The van der Waals surface area contributed by atoms with Crippen LogP contribution in [0.2, 0.25) is 0 Å². The summed E-state index contributed by atoms with van der Waals surface area (Å²) in [7, 11) is 0. The van der Waals surface area contributed by atoms with E-state index in [1.54, 1.807) is 11.8 Å². The second-order valence-electron chi connectivity index (χ2n) is 6.83. The van der Waals surface area contributed by atoms with E-state index in [4.69, 9.17) is 17.0 Å². The van der Waals surface area contributed by atoms with E-state index in [0.717, 1.165) is 12.1 Å². The first kappa shape index (κ1) is 20.7. The number of anilines is 2. The summed E-state index contributed by atoms with van der Waals surface area (Å²) in [6.45, 7) is 4.00. The van der Waals surface area contributed by atoms with Crippen molar-refractivity contribution in [1.82, 2.24) is 10.2 Å². The monoisotopic (exact) mass is 416 g/mol. The number of benzene rings is 1. The minimum Gasteiger partial charge on any atom is -0.442 e. The molecule has 1 aromatic rings. The molecule has 1 aromatic carbocycles. The summed E-state index contributed by atoms with van der Waals surface area (Å²) in [5.74, 6) is -1.48. The normalized spacial score (nSPS) is 20.4. The highest BCUT2D eigenvalue weighted by molar-refractivity contribution is 7.80. The van der Waals surface area contributed by atoms with Gasteiger partial charge in [0.15, 0.2) is 11.6 Å². The second kappa shape index (κ2) is 8.95. The number of ether oxygens (including phenoxy) is 1. The van der Waals surface area contributed by atoms with E-state index < -0.39 is 30.5 Å². The van der Waals surface area contributed by atoms with E-state index >= 15 is 0 Å². The molecule has 1 amide bonds. The summed E-state index contributed by atoms with van der Waals surface area (Å²) in [6.07, 6.45) is -1.11. The molecular weight excluding hydrogens is 393 g/mol. The van der Waals surface area contributed by atoms with Gasteiger partial charge in [0.1, 0.15) is 18.5 Å². The molecule has 0 radical (unpaired) electrons. The number of hydrogen-bond acceptors (Lipinski definition) is 5. The van der Waals surface area contributed by atoms with Crippen LogP contribution in [0.15, 0.2) is 12.1 Å². The number of amides is 1. The van der Waals surface area contributed by atoms with Crippen LogP contribution >= 0.6 is 12.2 Å². The molecule has 0 aliphatic carbocycles. The van der Waals surface area contributed by atoms with Gasteiger partial charge >= 0.3 is 6.09 Å². The molecule has 0 spiro atoms. The van der Waals surface area contributed by atoms with Gasteiger partial charge in [-0.2, -0.15) is 0 Å². The number of thiocarbonyl (C=S) groups is 1. The summed E-state index contributed by atoms with van der Waals surface area (Å²) in [5, 5.41) is 2.91. The zero-order valence-electron chi connectivity index (χ0n) is 15.6. The van der Waals surface area contributed by atoms with Crippen LogP contribution in [0.3, 0.4) is 0 Å². The first-order chi connectivity index (χ1) is 13.4. The number of rotatable bonds is 6. The van der Waals surface area contributed by atoms with Crippen molar-refractivity contribution in [2.45, 2.75) is 13.0 Å². The topological polar surface area (TPSA) is 48.0 Å². The Morgan fingerprint density at radius 3 is 2.46 bits per heavy atom. The smallest absolute Gasteiger partial charge is 0.414 e. The molecule has 2 heterocycles. The molecule has 0 aromatic heterocycles. The van der Waals surface area contributed by atoms with Gasteiger partial charge in [0, 0.05) is 44.9 Å². The predicted octanol–water partition coefficient (Wildman–Crippen LogP) is 2.32. The molecule has 28 heavy (non-hydrogen) atoms. The van der Waals surface area contributed by atoms with E-state index in [1.807, 2.05) is 4.90 Å². The highest BCUT2D eigenvalue weighted by atomic mass is 32.1. The predicted molar refractivity (Wildman–Crippen MR) is 105 cm³/mol. The van der Waals surface area contributed by atoms with Crippen molar-refractivity contribution in [3.8, 4) is 0 Å². The van der Waals surface area contributed by atoms with Crippen LogP contribution in [0, 0.1) is 11.6 Å². The van der Waals surface area contributed by atoms with Crippen LogP contribution in [0.4, 0.5) is 29.3 Å². The third-order valence-electron chi connectivity index (χ3n) is 4.86. The number of cyclic esters (lactones) is 1. The summed E-state index contributed by atoms with van der Waals surface area (Å²) < 4.78 is 47.1. The van der Waals surface area contributed by atoms with Gasteiger partial charge in [-0.15, -0.1) is 0 Å². The van der Waals surface area contributed by atoms with E-state index in [-0.39, 0.29) is 17.9 Å². The second-order valence-corrected chi connectivity index (χ2v) is 7.44. The van der Waals surface area contributed by atoms with Crippen LogP contribution < -0.4 is 15.1 Å². The summed E-state index contributed by atoms with van der Waals surface area (Å²) in [5.41, 5.74) is -0.00727. The molecule has 6 nitrogen and oxygen atoms in total. The fourth-order valence-electron chi connectivity index (χ4n) is 3.42. The Balaban J connectivity index is 1.70. The lowest BCUT2D eigenvalue weighted by molar-refractivity contribution is 0.143. The maximum absolute atomic E-state index is 14.7. The minimum atomic E-state index is -0.738. The van der Waals surface area contributed by atoms with Gasteiger partial charge in [0.05, 0.1) is 23.8 Å². The highest BCUT2D eigenvalue weighted by Crippen LogP contribution is 2.31. The quantitative estimate of drug-likeness (QED) is 0.719. The van der Waals surface area contributed by atoms with Gasteiger partial charge in [-0.1, -0.05) is 12.2 Å². The summed E-state index contributed by atoms with van der Waals surface area (Å²) in [4.78, 5) is 17.4. The molecule has 2 fully saturated rings. The van der Waals surface area contributed by atoms with Gasteiger partial charge < -0.3 is 15.0 Å². The molecule has 1 unspecified atom stereocenters. The SMILES string of the molecule is CC(=S)NCC1CN(c2cc(F)c(N3CCN(CCF)CC3)c(F)c2)C(=O)O1. The number of nitrogens with one attached hydrogen (secondary N) is 1. The Bertz CT molecular complexity index is 721. The van der Waals surface area contributed by atoms with Crippen molar-refractivity contribution in [2.24, 2.45) is 0 Å². The average Bonchev–Trinajstić information content (AvgIpc) is 3.02. The molecule has 1 N–H and O–H groups in total. The van der Waals surface area contributed by atoms with Crippen LogP contribution in [-0.2, 0) is 4.74 Å². The first-order valence-electron chi connectivity index (χ1n) is 9.14. The number of nitrogens with zero attached hydrogens (tertiary/aromatic N) is 3. The molecule has 2 saturated heterocycles. The number of carbonyl (C=O) groups is 1. The minimum absolute atomic E-state index is 0.112. The Kier molecular flexibility index (Phi) is 6.61. The third-order valence-corrected chi connectivity index (χ3v) is 5.00. The number of carbonyl (C=O) groups excluding carboxylic acids is 1. The molecule has 2 aliphatic heterocycles. The van der Waals surface area contributed by atoms with Gasteiger partial charge in [-0.25, -0.2) is 18.0 Å². The van der Waals surface area contributed by atoms with Gasteiger partial charge in [-0.05, 0) is 6.92 Å². The summed E-state index contributed by atoms with van der Waals surface area (Å²) >= 11 is 4.92. The Morgan fingerprint density at radius 1 is 1.25 bits per heavy atom. The largest absolute Gasteiger partial charge is 0.442 e. The molecule has 1 atom stereocenters. The van der Waals surface area contributed by atoms with E-state index in [9.17, 15) is 18.0 Å². The lowest BCUT2D eigenvalue weighted by Gasteiger charge is -2.36. The molecule has 10 heteroatoms. The lowest BCUT2D eigenvalue weighted by atomic mass is 10.2. The fraction of sp³-hybridized carbons (Fsp3) is 0.556. The van der Waals surface area contributed by atoms with Gasteiger partial charge in [0.2, 0.25) is 0 Å². The van der Waals surface area contributed by atoms with Crippen molar-refractivity contribution >= 4 is 34.7 Å². The molecule has 154 valence electrons. The Morgan fingerprint density at radius 2 is 1.89 bits per heavy atom. The number of alkyl halides is 1. The Hall–Kier alpha value is -2.07. The zero-order chi connectivity index (χ0) is 20.3. The van der Waals surface area contributed by atoms with Crippen molar-refractivity contribution < 1.29 is 22.7 Å². The molecule has 0 bridgehead atoms. The van der Waals surface area contributed by atoms with Gasteiger partial charge in [0.25, 0.3) is 0 Å². The Labute approximate surface area is 167 Å². The van der Waals surface area contributed by atoms with Crippen molar-refractivity contribution in [3.05, 3.63) is 23.8 Å². The maximum Gasteiger partial charge on any atom is 0.414 e. The van der Waals surface area contributed by atoms with Crippen molar-refractivity contribution in [2.75, 3.05) is 62.3 Å². The number of halogens is 3.